The maximum atomic E-state index is 12.9. The number of thiazole rings is 1. The highest BCUT2D eigenvalue weighted by Gasteiger charge is 2.54. The number of aromatic nitrogens is 5. The van der Waals surface area contributed by atoms with Crippen LogP contribution in [0.25, 0.3) is 0 Å². The molecule has 2 aromatic heterocycles. The molecule has 1 fully saturated rings. The number of thioether (sulfide) groups is 2. The number of nitrogens with two attached hydrogens (primary N) is 1. The number of rotatable bonds is 8. The molecule has 4 heterocycles. The Hall–Kier alpha value is -3.18. The second kappa shape index (κ2) is 9.36. The number of carboxylic acid groups (broad SMARTS) is 1. The van der Waals surface area contributed by atoms with Crippen LogP contribution in [0.3, 0.4) is 0 Å². The Morgan fingerprint density at radius 3 is 2.88 bits per heavy atom. The van der Waals surface area contributed by atoms with Crippen LogP contribution in [-0.4, -0.2) is 88.7 Å². The van der Waals surface area contributed by atoms with Crippen molar-refractivity contribution in [3.63, 3.8) is 0 Å². The number of tetrazole rings is 1. The van der Waals surface area contributed by atoms with E-state index in [0.29, 0.717) is 22.2 Å². The second-order valence-electron chi connectivity index (χ2n) is 6.69. The van der Waals surface area contributed by atoms with Gasteiger partial charge in [-0.25, -0.2) is 14.5 Å². The number of anilines is 1. The molecule has 2 aliphatic heterocycles. The zero-order chi connectivity index (χ0) is 23.7. The van der Waals surface area contributed by atoms with E-state index in [2.05, 4.69) is 31.0 Å². The van der Waals surface area contributed by atoms with Crippen molar-refractivity contribution in [1.29, 1.82) is 0 Å². The molecule has 0 saturated carbocycles. The highest BCUT2D eigenvalue weighted by atomic mass is 32.2. The van der Waals surface area contributed by atoms with E-state index in [1.807, 2.05) is 0 Å². The lowest BCUT2D eigenvalue weighted by atomic mass is 10.0. The maximum absolute atomic E-state index is 12.9. The number of nitrogens with one attached hydrogen (secondary N) is 1. The van der Waals surface area contributed by atoms with Crippen LogP contribution in [0.2, 0.25) is 0 Å². The molecular weight excluding hydrogens is 494 g/mol. The van der Waals surface area contributed by atoms with E-state index in [1.54, 1.807) is 12.4 Å². The van der Waals surface area contributed by atoms with Crippen LogP contribution in [0.15, 0.2) is 27.0 Å². The molecule has 0 aromatic carbocycles. The summed E-state index contributed by atoms with van der Waals surface area (Å²) in [6.45, 7) is 0. The fourth-order valence-corrected chi connectivity index (χ4v) is 6.07. The van der Waals surface area contributed by atoms with Gasteiger partial charge in [-0.15, -0.1) is 28.2 Å². The number of hydrogen-bond donors (Lipinski definition) is 3. The smallest absolute Gasteiger partial charge is 0.352 e. The minimum atomic E-state index is -1.22. The SMILES string of the molecule is CO/N=C(\C(=O)N[C@@H]1C(=O)N2C(C(=O)O)=C(CSc3nnnn3C)CS[C@@H]12)c1csc(N)n1. The van der Waals surface area contributed by atoms with Crippen LogP contribution < -0.4 is 11.1 Å². The summed E-state index contributed by atoms with van der Waals surface area (Å²) in [7, 11) is 2.95. The van der Waals surface area contributed by atoms with Crippen LogP contribution in [0.4, 0.5) is 5.13 Å². The zero-order valence-electron chi connectivity index (χ0n) is 17.2. The molecule has 4 N–H and O–H groups in total. The third kappa shape index (κ3) is 4.38. The lowest BCUT2D eigenvalue weighted by Crippen LogP contribution is -2.71. The first-order valence-electron chi connectivity index (χ1n) is 9.20. The van der Waals surface area contributed by atoms with Crippen LogP contribution in [-0.2, 0) is 26.3 Å². The number of aryl methyl sites for hydroxylation is 1. The molecule has 0 bridgehead atoms. The quantitative estimate of drug-likeness (QED) is 0.172. The van der Waals surface area contributed by atoms with E-state index in [0.717, 1.165) is 11.3 Å². The Labute approximate surface area is 198 Å². The average Bonchev–Trinajstić information content (AvgIpc) is 3.40. The van der Waals surface area contributed by atoms with Crippen LogP contribution in [0, 0.1) is 0 Å². The highest BCUT2D eigenvalue weighted by molar-refractivity contribution is 8.01. The first-order valence-corrected chi connectivity index (χ1v) is 12.1. The van der Waals surface area contributed by atoms with E-state index in [1.165, 1.54) is 40.2 Å². The van der Waals surface area contributed by atoms with Crippen molar-refractivity contribution in [1.82, 2.24) is 35.4 Å². The minimum absolute atomic E-state index is 0.0880. The van der Waals surface area contributed by atoms with E-state index in [9.17, 15) is 19.5 Å². The standard InChI is InChI=1S/C16H17N9O5S3/c1-24-16(20-22-23-24)33-4-6-3-31-13-9(12(27)25(13)10(6)14(28)29)19-11(26)8(21-30-2)7-5-32-15(17)18-7/h5,9,13H,3-4H2,1-2H3,(H2,17,18)(H,19,26)(H,28,29)/b21-8-/t9-,13+/m1/s1. The van der Waals surface area contributed by atoms with Crippen molar-refractivity contribution < 1.29 is 24.3 Å². The molecule has 17 heteroatoms. The fraction of sp³-hybridized carbons (Fsp3) is 0.375. The minimum Gasteiger partial charge on any atom is -0.477 e. The van der Waals surface area contributed by atoms with E-state index in [4.69, 9.17) is 10.6 Å². The predicted octanol–water partition coefficient (Wildman–Crippen LogP) is -0.870. The van der Waals surface area contributed by atoms with Gasteiger partial charge in [-0.3, -0.25) is 14.5 Å². The molecule has 14 nitrogen and oxygen atoms in total. The largest absolute Gasteiger partial charge is 0.477 e. The molecule has 0 unspecified atom stereocenters. The van der Waals surface area contributed by atoms with Gasteiger partial charge in [0.05, 0.1) is 0 Å². The van der Waals surface area contributed by atoms with Gasteiger partial charge in [-0.05, 0) is 16.0 Å². The Kier molecular flexibility index (Phi) is 6.52. The third-order valence-corrected chi connectivity index (χ3v) is 7.77. The summed E-state index contributed by atoms with van der Waals surface area (Å²) in [6, 6.07) is -0.924. The van der Waals surface area contributed by atoms with Crippen molar-refractivity contribution >= 4 is 63.5 Å². The van der Waals surface area contributed by atoms with Gasteiger partial charge in [0.25, 0.3) is 11.8 Å². The summed E-state index contributed by atoms with van der Waals surface area (Å²) >= 11 is 3.75. The van der Waals surface area contributed by atoms with Gasteiger partial charge < -0.3 is 21.0 Å². The number of aliphatic carboxylic acids is 1. The van der Waals surface area contributed by atoms with E-state index >= 15 is 0 Å². The number of nitrogens with zero attached hydrogens (tertiary/aromatic N) is 7. The Bertz CT molecular complexity index is 1180. The molecular formula is C16H17N9O5S3. The number of amides is 2. The monoisotopic (exact) mass is 511 g/mol. The van der Waals surface area contributed by atoms with Gasteiger partial charge in [0.2, 0.25) is 5.16 Å². The summed E-state index contributed by atoms with van der Waals surface area (Å²) in [5.74, 6) is -1.77. The van der Waals surface area contributed by atoms with Crippen LogP contribution >= 0.6 is 34.9 Å². The molecule has 0 spiro atoms. The second-order valence-corrected chi connectivity index (χ2v) is 9.62. The molecule has 1 saturated heterocycles. The van der Waals surface area contributed by atoms with Crippen molar-refractivity contribution in [3.8, 4) is 0 Å². The molecule has 174 valence electrons. The normalized spacial score (nSPS) is 20.4. The molecule has 4 rings (SSSR count). The van der Waals surface area contributed by atoms with Gasteiger partial charge in [0.15, 0.2) is 10.8 Å². The number of carbonyl (C=O) groups is 3. The van der Waals surface area contributed by atoms with Crippen molar-refractivity contribution in [3.05, 3.63) is 22.3 Å². The molecule has 33 heavy (non-hydrogen) atoms. The molecule has 2 atom stereocenters. The van der Waals surface area contributed by atoms with Gasteiger partial charge in [0.1, 0.15) is 29.9 Å². The first-order chi connectivity index (χ1) is 15.8. The van der Waals surface area contributed by atoms with Crippen LogP contribution in [0.5, 0.6) is 0 Å². The number of oxime groups is 1. The van der Waals surface area contributed by atoms with E-state index < -0.39 is 29.2 Å². The third-order valence-electron chi connectivity index (χ3n) is 4.66. The fourth-order valence-electron chi connectivity index (χ4n) is 3.19. The molecule has 2 aromatic rings. The number of carbonyl (C=O) groups excluding carboxylic acids is 2. The number of hydrogen-bond acceptors (Lipinski definition) is 13. The summed E-state index contributed by atoms with van der Waals surface area (Å²) < 4.78 is 1.47. The summed E-state index contributed by atoms with van der Waals surface area (Å²) in [6.07, 6.45) is 0. The molecule has 2 aliphatic rings. The number of fused-ring (bicyclic) bond motifs is 1. The summed E-state index contributed by atoms with van der Waals surface area (Å²) in [4.78, 5) is 47.6. The maximum Gasteiger partial charge on any atom is 0.352 e. The van der Waals surface area contributed by atoms with Gasteiger partial charge >= 0.3 is 5.97 Å². The summed E-state index contributed by atoms with van der Waals surface area (Å²) in [5.41, 5.74) is 6.17. The van der Waals surface area contributed by atoms with Crippen LogP contribution in [0.1, 0.15) is 5.69 Å². The topological polar surface area (TPSA) is 191 Å². The zero-order valence-corrected chi connectivity index (χ0v) is 19.6. The van der Waals surface area contributed by atoms with Gasteiger partial charge in [-0.2, -0.15) is 0 Å². The summed E-state index contributed by atoms with van der Waals surface area (Å²) in [5, 5.41) is 29.0. The molecule has 2 amide bonds. The number of nitrogen functional groups attached to an aromatic ring is 1. The van der Waals surface area contributed by atoms with Crippen molar-refractivity contribution in [2.75, 3.05) is 24.3 Å². The van der Waals surface area contributed by atoms with E-state index in [-0.39, 0.29) is 22.2 Å². The predicted molar refractivity (Wildman–Crippen MR) is 119 cm³/mol. The van der Waals surface area contributed by atoms with Gasteiger partial charge in [0, 0.05) is 23.9 Å². The Balaban J connectivity index is 1.49. The lowest BCUT2D eigenvalue weighted by molar-refractivity contribution is -0.150. The number of carboxylic acids is 1. The first kappa shape index (κ1) is 23.0. The van der Waals surface area contributed by atoms with Crippen molar-refractivity contribution in [2.24, 2.45) is 12.2 Å². The molecule has 0 radical (unpaired) electrons. The highest BCUT2D eigenvalue weighted by Crippen LogP contribution is 2.41. The number of β-lactam (4-membered cyclic amide) rings is 1. The lowest BCUT2D eigenvalue weighted by Gasteiger charge is -2.49. The Morgan fingerprint density at radius 2 is 2.27 bits per heavy atom. The average molecular weight is 512 g/mol. The Morgan fingerprint density at radius 1 is 1.48 bits per heavy atom. The van der Waals surface area contributed by atoms with Gasteiger partial charge in [-0.1, -0.05) is 16.9 Å². The molecule has 0 aliphatic carbocycles. The van der Waals surface area contributed by atoms with Crippen molar-refractivity contribution in [2.45, 2.75) is 16.6 Å².